The first-order valence-corrected chi connectivity index (χ1v) is 6.47. The summed E-state index contributed by atoms with van der Waals surface area (Å²) >= 11 is 5.75. The normalized spacial score (nSPS) is 11.4. The zero-order chi connectivity index (χ0) is 13.8. The molecule has 0 saturated carbocycles. The largest absolute Gasteiger partial charge is 0.487 e. The summed E-state index contributed by atoms with van der Waals surface area (Å²) in [6, 6.07) is 6.14. The predicted molar refractivity (Wildman–Crippen MR) is 78.3 cm³/mol. The van der Waals surface area contributed by atoms with E-state index < -0.39 is 0 Å². The number of aryl methyl sites for hydroxylation is 1. The van der Waals surface area contributed by atoms with Crippen molar-refractivity contribution in [3.8, 4) is 5.75 Å². The van der Waals surface area contributed by atoms with Gasteiger partial charge in [-0.25, -0.2) is 0 Å². The molecule has 1 rings (SSSR count). The summed E-state index contributed by atoms with van der Waals surface area (Å²) in [7, 11) is 0. The molecule has 0 unspecified atom stereocenters. The van der Waals surface area contributed by atoms with Crippen LogP contribution < -0.4 is 10.1 Å². The van der Waals surface area contributed by atoms with Gasteiger partial charge in [-0.2, -0.15) is 0 Å². The van der Waals surface area contributed by atoms with Gasteiger partial charge in [-0.1, -0.05) is 36.4 Å². The Balaban J connectivity index is 2.83. The number of para-hydroxylation sites is 1. The highest BCUT2D eigenvalue weighted by Crippen LogP contribution is 2.24. The summed E-state index contributed by atoms with van der Waals surface area (Å²) < 4.78 is 5.72. The molecule has 0 aromatic heterocycles. The molecule has 0 heterocycles. The van der Waals surface area contributed by atoms with Crippen LogP contribution in [0.5, 0.6) is 5.75 Å². The number of benzene rings is 1. The number of halogens is 1. The van der Waals surface area contributed by atoms with Crippen LogP contribution in [0, 0.1) is 6.92 Å². The molecule has 0 bridgehead atoms. The van der Waals surface area contributed by atoms with Crippen LogP contribution in [0.25, 0.3) is 0 Å². The van der Waals surface area contributed by atoms with Crippen molar-refractivity contribution in [2.75, 3.05) is 6.61 Å². The van der Waals surface area contributed by atoms with Gasteiger partial charge in [0.05, 0.1) is 0 Å². The molecular formula is C15H22ClNO. The minimum absolute atomic E-state index is 0.0805. The highest BCUT2D eigenvalue weighted by molar-refractivity contribution is 6.29. The van der Waals surface area contributed by atoms with Gasteiger partial charge in [-0.05, 0) is 33.3 Å². The van der Waals surface area contributed by atoms with E-state index in [4.69, 9.17) is 16.3 Å². The van der Waals surface area contributed by atoms with E-state index in [-0.39, 0.29) is 5.54 Å². The Bertz CT molecular complexity index is 421. The molecule has 100 valence electrons. The third-order valence-electron chi connectivity index (χ3n) is 2.48. The van der Waals surface area contributed by atoms with E-state index in [1.54, 1.807) is 0 Å². The van der Waals surface area contributed by atoms with Crippen molar-refractivity contribution in [2.45, 2.75) is 39.8 Å². The Morgan fingerprint density at radius 1 is 1.39 bits per heavy atom. The fourth-order valence-corrected chi connectivity index (χ4v) is 1.62. The highest BCUT2D eigenvalue weighted by atomic mass is 35.5. The lowest BCUT2D eigenvalue weighted by Crippen LogP contribution is -2.35. The quantitative estimate of drug-likeness (QED) is 0.870. The Labute approximate surface area is 115 Å². The summed E-state index contributed by atoms with van der Waals surface area (Å²) in [5, 5.41) is 3.97. The van der Waals surface area contributed by atoms with E-state index in [0.717, 1.165) is 23.4 Å². The standard InChI is InChI=1S/C15H22ClNO/c1-11-7-6-8-13(9-17-15(3,4)5)14(11)18-10-12(2)16/h6-8,17H,2,9-10H2,1,3-5H3. The lowest BCUT2D eigenvalue weighted by molar-refractivity contribution is 0.347. The minimum atomic E-state index is 0.0805. The summed E-state index contributed by atoms with van der Waals surface area (Å²) in [6.07, 6.45) is 0. The number of ether oxygens (including phenoxy) is 1. The van der Waals surface area contributed by atoms with E-state index in [0.29, 0.717) is 11.6 Å². The molecule has 0 amide bonds. The van der Waals surface area contributed by atoms with Crippen molar-refractivity contribution in [3.63, 3.8) is 0 Å². The molecule has 0 saturated heterocycles. The van der Waals surface area contributed by atoms with Crippen LogP contribution in [0.1, 0.15) is 31.9 Å². The molecule has 3 heteroatoms. The first kappa shape index (κ1) is 15.1. The maximum atomic E-state index is 5.75. The second-order valence-corrected chi connectivity index (χ2v) is 6.01. The second kappa shape index (κ2) is 6.26. The molecule has 2 nitrogen and oxygen atoms in total. The van der Waals surface area contributed by atoms with Gasteiger partial charge < -0.3 is 10.1 Å². The van der Waals surface area contributed by atoms with Crippen LogP contribution in [-0.2, 0) is 6.54 Å². The second-order valence-electron chi connectivity index (χ2n) is 5.47. The van der Waals surface area contributed by atoms with Crippen LogP contribution in [-0.4, -0.2) is 12.1 Å². The van der Waals surface area contributed by atoms with Crippen LogP contribution in [0.15, 0.2) is 29.8 Å². The lowest BCUT2D eigenvalue weighted by Gasteiger charge is -2.22. The van der Waals surface area contributed by atoms with Crippen molar-refractivity contribution in [1.82, 2.24) is 5.32 Å². The van der Waals surface area contributed by atoms with Crippen molar-refractivity contribution < 1.29 is 4.74 Å². The Morgan fingerprint density at radius 2 is 2.06 bits per heavy atom. The van der Waals surface area contributed by atoms with Gasteiger partial charge in [0, 0.05) is 22.7 Å². The zero-order valence-corrected chi connectivity index (χ0v) is 12.4. The molecule has 0 atom stereocenters. The van der Waals surface area contributed by atoms with Crippen LogP contribution in [0.3, 0.4) is 0 Å². The fraction of sp³-hybridized carbons (Fsp3) is 0.467. The highest BCUT2D eigenvalue weighted by Gasteiger charge is 2.12. The first-order valence-electron chi connectivity index (χ1n) is 6.09. The zero-order valence-electron chi connectivity index (χ0n) is 11.6. The summed E-state index contributed by atoms with van der Waals surface area (Å²) in [5.74, 6) is 0.899. The lowest BCUT2D eigenvalue weighted by atomic mass is 10.1. The molecule has 0 aliphatic heterocycles. The molecule has 1 aromatic rings. The van der Waals surface area contributed by atoms with Crippen molar-refractivity contribution in [1.29, 1.82) is 0 Å². The molecule has 0 aliphatic carbocycles. The van der Waals surface area contributed by atoms with Crippen molar-refractivity contribution >= 4 is 11.6 Å². The van der Waals surface area contributed by atoms with Gasteiger partial charge in [0.1, 0.15) is 12.4 Å². The average Bonchev–Trinajstić information content (AvgIpc) is 2.23. The number of nitrogens with one attached hydrogen (secondary N) is 1. The number of hydrogen-bond donors (Lipinski definition) is 1. The monoisotopic (exact) mass is 267 g/mol. The third-order valence-corrected chi connectivity index (χ3v) is 2.58. The van der Waals surface area contributed by atoms with E-state index in [1.165, 1.54) is 0 Å². The number of hydrogen-bond acceptors (Lipinski definition) is 2. The maximum absolute atomic E-state index is 5.75. The molecule has 0 spiro atoms. The SMILES string of the molecule is C=C(Cl)COc1c(C)cccc1CNC(C)(C)C. The average molecular weight is 268 g/mol. The summed E-state index contributed by atoms with van der Waals surface area (Å²) in [6.45, 7) is 13.2. The Morgan fingerprint density at radius 3 is 2.61 bits per heavy atom. The minimum Gasteiger partial charge on any atom is -0.487 e. The molecule has 1 N–H and O–H groups in total. The van der Waals surface area contributed by atoms with Crippen LogP contribution >= 0.6 is 11.6 Å². The Kier molecular flexibility index (Phi) is 5.24. The molecular weight excluding hydrogens is 246 g/mol. The molecule has 0 fully saturated rings. The van der Waals surface area contributed by atoms with Gasteiger partial charge in [-0.15, -0.1) is 0 Å². The van der Waals surface area contributed by atoms with Crippen LogP contribution in [0.2, 0.25) is 0 Å². The molecule has 1 aromatic carbocycles. The molecule has 0 radical (unpaired) electrons. The third kappa shape index (κ3) is 5.11. The van der Waals surface area contributed by atoms with Crippen LogP contribution in [0.4, 0.5) is 0 Å². The van der Waals surface area contributed by atoms with E-state index in [1.807, 2.05) is 19.1 Å². The van der Waals surface area contributed by atoms with Crippen molar-refractivity contribution in [3.05, 3.63) is 40.9 Å². The van der Waals surface area contributed by atoms with Gasteiger partial charge in [0.25, 0.3) is 0 Å². The van der Waals surface area contributed by atoms with Gasteiger partial charge >= 0.3 is 0 Å². The van der Waals surface area contributed by atoms with Gasteiger partial charge in [0.2, 0.25) is 0 Å². The Hall–Kier alpha value is -0.990. The van der Waals surface area contributed by atoms with E-state index >= 15 is 0 Å². The maximum Gasteiger partial charge on any atom is 0.127 e. The molecule has 0 aliphatic rings. The first-order chi connectivity index (χ1) is 8.29. The fourth-order valence-electron chi connectivity index (χ4n) is 1.57. The topological polar surface area (TPSA) is 21.3 Å². The smallest absolute Gasteiger partial charge is 0.127 e. The van der Waals surface area contributed by atoms with E-state index in [9.17, 15) is 0 Å². The van der Waals surface area contributed by atoms with Crippen molar-refractivity contribution in [2.24, 2.45) is 0 Å². The molecule has 18 heavy (non-hydrogen) atoms. The van der Waals surface area contributed by atoms with Gasteiger partial charge in [0.15, 0.2) is 0 Å². The van der Waals surface area contributed by atoms with Gasteiger partial charge in [-0.3, -0.25) is 0 Å². The summed E-state index contributed by atoms with van der Waals surface area (Å²) in [5.41, 5.74) is 2.33. The van der Waals surface area contributed by atoms with E-state index in [2.05, 4.69) is 38.7 Å². The predicted octanol–water partition coefficient (Wildman–Crippen LogP) is 4.01. The number of rotatable bonds is 5. The summed E-state index contributed by atoms with van der Waals surface area (Å²) in [4.78, 5) is 0.